The van der Waals surface area contributed by atoms with E-state index in [4.69, 9.17) is 4.42 Å². The van der Waals surface area contributed by atoms with Crippen molar-refractivity contribution in [2.75, 3.05) is 5.32 Å². The molecule has 1 atom stereocenters. The molecule has 0 radical (unpaired) electrons. The molecule has 2 heterocycles. The minimum Gasteiger partial charge on any atom is -0.469 e. The molecule has 0 saturated heterocycles. The first-order valence-corrected chi connectivity index (χ1v) is 7.18. The van der Waals surface area contributed by atoms with E-state index in [1.54, 1.807) is 17.6 Å². The molecule has 98 valence electrons. The Labute approximate surface area is 116 Å². The first kappa shape index (κ1) is 12.2. The average Bonchev–Trinajstić information content (AvgIpc) is 2.97. The van der Waals surface area contributed by atoms with Crippen LogP contribution in [0.4, 0.5) is 5.13 Å². The van der Waals surface area contributed by atoms with Crippen molar-refractivity contribution >= 4 is 26.7 Å². The predicted octanol–water partition coefficient (Wildman–Crippen LogP) is 4.24. The number of hydrogen-bond acceptors (Lipinski definition) is 4. The molecule has 0 bridgehead atoms. The van der Waals surface area contributed by atoms with Gasteiger partial charge in [0.25, 0.3) is 0 Å². The summed E-state index contributed by atoms with van der Waals surface area (Å²) in [6.07, 6.45) is 2.57. The SMILES string of the molecule is Cc1ccc2sc(NC(C)Cc3ccco3)nc2c1. The molecule has 0 fully saturated rings. The third-order valence-electron chi connectivity index (χ3n) is 3.00. The minimum absolute atomic E-state index is 0.299. The summed E-state index contributed by atoms with van der Waals surface area (Å²) >= 11 is 1.69. The van der Waals surface area contributed by atoms with Crippen LogP contribution < -0.4 is 5.32 Å². The van der Waals surface area contributed by atoms with Gasteiger partial charge in [-0.05, 0) is 43.7 Å². The highest BCUT2D eigenvalue weighted by Gasteiger charge is 2.09. The summed E-state index contributed by atoms with van der Waals surface area (Å²) in [6, 6.07) is 10.6. The van der Waals surface area contributed by atoms with Crippen LogP contribution in [0.1, 0.15) is 18.2 Å². The Morgan fingerprint density at radius 2 is 2.26 bits per heavy atom. The number of nitrogens with one attached hydrogen (secondary N) is 1. The molecule has 2 aromatic heterocycles. The van der Waals surface area contributed by atoms with E-state index in [0.29, 0.717) is 6.04 Å². The molecule has 1 aromatic carbocycles. The molecular weight excluding hydrogens is 256 g/mol. The number of aryl methyl sites for hydroxylation is 1. The van der Waals surface area contributed by atoms with Crippen LogP contribution in [0.5, 0.6) is 0 Å². The maximum atomic E-state index is 5.36. The molecule has 0 amide bonds. The van der Waals surface area contributed by atoms with Crippen molar-refractivity contribution in [3.63, 3.8) is 0 Å². The zero-order chi connectivity index (χ0) is 13.2. The Morgan fingerprint density at radius 1 is 1.37 bits per heavy atom. The molecule has 0 aliphatic heterocycles. The van der Waals surface area contributed by atoms with Crippen LogP contribution in [0.2, 0.25) is 0 Å². The molecule has 0 aliphatic carbocycles. The molecule has 0 spiro atoms. The zero-order valence-corrected chi connectivity index (χ0v) is 11.8. The first-order valence-electron chi connectivity index (χ1n) is 6.37. The van der Waals surface area contributed by atoms with Crippen LogP contribution >= 0.6 is 11.3 Å². The molecule has 3 aromatic rings. The van der Waals surface area contributed by atoms with Gasteiger partial charge < -0.3 is 9.73 Å². The van der Waals surface area contributed by atoms with E-state index in [-0.39, 0.29) is 0 Å². The lowest BCUT2D eigenvalue weighted by Crippen LogP contribution is -2.17. The number of furan rings is 1. The van der Waals surface area contributed by atoms with Crippen LogP contribution in [0, 0.1) is 6.92 Å². The minimum atomic E-state index is 0.299. The number of nitrogens with zero attached hydrogens (tertiary/aromatic N) is 1. The molecule has 3 nitrogen and oxygen atoms in total. The van der Waals surface area contributed by atoms with Crippen molar-refractivity contribution in [1.29, 1.82) is 0 Å². The summed E-state index contributed by atoms with van der Waals surface area (Å²) in [5.41, 5.74) is 2.31. The Kier molecular flexibility index (Phi) is 3.25. The van der Waals surface area contributed by atoms with Gasteiger partial charge >= 0.3 is 0 Å². The van der Waals surface area contributed by atoms with Gasteiger partial charge in [0.15, 0.2) is 5.13 Å². The maximum absolute atomic E-state index is 5.36. The molecule has 19 heavy (non-hydrogen) atoms. The molecule has 1 unspecified atom stereocenters. The second kappa shape index (κ2) is 5.05. The highest BCUT2D eigenvalue weighted by atomic mass is 32.1. The Balaban J connectivity index is 1.74. The topological polar surface area (TPSA) is 38.1 Å². The van der Waals surface area contributed by atoms with Gasteiger partial charge in [-0.1, -0.05) is 17.4 Å². The Bertz CT molecular complexity index is 673. The smallest absolute Gasteiger partial charge is 0.184 e. The standard InChI is InChI=1S/C15H16N2OS/c1-10-5-6-14-13(8-10)17-15(19-14)16-11(2)9-12-4-3-7-18-12/h3-8,11H,9H2,1-2H3,(H,16,17). The quantitative estimate of drug-likeness (QED) is 0.772. The molecular formula is C15H16N2OS. The van der Waals surface area contributed by atoms with Crippen LogP contribution in [0.15, 0.2) is 41.0 Å². The van der Waals surface area contributed by atoms with E-state index < -0.39 is 0 Å². The largest absolute Gasteiger partial charge is 0.469 e. The summed E-state index contributed by atoms with van der Waals surface area (Å²) in [5.74, 6) is 0.997. The van der Waals surface area contributed by atoms with E-state index in [1.165, 1.54) is 10.3 Å². The van der Waals surface area contributed by atoms with Crippen molar-refractivity contribution in [2.45, 2.75) is 26.3 Å². The highest BCUT2D eigenvalue weighted by Crippen LogP contribution is 2.27. The Morgan fingerprint density at radius 3 is 3.05 bits per heavy atom. The fourth-order valence-corrected chi connectivity index (χ4v) is 3.05. The fourth-order valence-electron chi connectivity index (χ4n) is 2.09. The normalized spacial score (nSPS) is 12.7. The van der Waals surface area contributed by atoms with Gasteiger partial charge in [-0.3, -0.25) is 0 Å². The van der Waals surface area contributed by atoms with Crippen molar-refractivity contribution in [3.8, 4) is 0 Å². The lowest BCUT2D eigenvalue weighted by molar-refractivity contribution is 0.498. The molecule has 0 aliphatic rings. The van der Waals surface area contributed by atoms with Crippen molar-refractivity contribution in [2.24, 2.45) is 0 Å². The molecule has 4 heteroatoms. The average molecular weight is 272 g/mol. The van der Waals surface area contributed by atoms with Gasteiger partial charge in [0.05, 0.1) is 16.5 Å². The Hall–Kier alpha value is -1.81. The number of anilines is 1. The van der Waals surface area contributed by atoms with Crippen LogP contribution in [0.3, 0.4) is 0 Å². The number of aromatic nitrogens is 1. The molecule has 0 saturated carbocycles. The van der Waals surface area contributed by atoms with Crippen LogP contribution in [0.25, 0.3) is 10.2 Å². The van der Waals surface area contributed by atoms with Gasteiger partial charge in [0, 0.05) is 12.5 Å². The second-order valence-corrected chi connectivity index (χ2v) is 5.85. The van der Waals surface area contributed by atoms with E-state index in [0.717, 1.165) is 22.8 Å². The molecule has 1 N–H and O–H groups in total. The van der Waals surface area contributed by atoms with Gasteiger partial charge in [-0.2, -0.15) is 0 Å². The number of hydrogen-bond donors (Lipinski definition) is 1. The lowest BCUT2D eigenvalue weighted by Gasteiger charge is -2.10. The van der Waals surface area contributed by atoms with Gasteiger partial charge in [0.2, 0.25) is 0 Å². The number of rotatable bonds is 4. The number of benzene rings is 1. The monoisotopic (exact) mass is 272 g/mol. The van der Waals surface area contributed by atoms with Gasteiger partial charge in [-0.15, -0.1) is 0 Å². The first-order chi connectivity index (χ1) is 9.20. The summed E-state index contributed by atoms with van der Waals surface area (Å²) in [4.78, 5) is 4.62. The third-order valence-corrected chi connectivity index (χ3v) is 3.97. The summed E-state index contributed by atoms with van der Waals surface area (Å²) in [7, 11) is 0. The van der Waals surface area contributed by atoms with Crippen molar-refractivity contribution in [3.05, 3.63) is 47.9 Å². The predicted molar refractivity (Wildman–Crippen MR) is 79.9 cm³/mol. The van der Waals surface area contributed by atoms with E-state index >= 15 is 0 Å². The van der Waals surface area contributed by atoms with E-state index in [2.05, 4.69) is 42.3 Å². The maximum Gasteiger partial charge on any atom is 0.184 e. The summed E-state index contributed by atoms with van der Waals surface area (Å²) in [5, 5.41) is 4.41. The summed E-state index contributed by atoms with van der Waals surface area (Å²) < 4.78 is 6.58. The van der Waals surface area contributed by atoms with E-state index in [9.17, 15) is 0 Å². The van der Waals surface area contributed by atoms with Gasteiger partial charge in [-0.25, -0.2) is 4.98 Å². The van der Waals surface area contributed by atoms with Crippen molar-refractivity contribution in [1.82, 2.24) is 4.98 Å². The second-order valence-electron chi connectivity index (χ2n) is 4.82. The third kappa shape index (κ3) is 2.79. The van der Waals surface area contributed by atoms with Crippen LogP contribution in [-0.4, -0.2) is 11.0 Å². The lowest BCUT2D eigenvalue weighted by atomic mass is 10.2. The summed E-state index contributed by atoms with van der Waals surface area (Å²) in [6.45, 7) is 4.23. The van der Waals surface area contributed by atoms with E-state index in [1.807, 2.05) is 12.1 Å². The fraction of sp³-hybridized carbons (Fsp3) is 0.267. The van der Waals surface area contributed by atoms with Crippen LogP contribution in [-0.2, 0) is 6.42 Å². The zero-order valence-electron chi connectivity index (χ0n) is 11.0. The van der Waals surface area contributed by atoms with Gasteiger partial charge in [0.1, 0.15) is 5.76 Å². The molecule has 3 rings (SSSR count). The number of thiazole rings is 1. The number of fused-ring (bicyclic) bond motifs is 1. The van der Waals surface area contributed by atoms with Crippen molar-refractivity contribution < 1.29 is 4.42 Å². The highest BCUT2D eigenvalue weighted by molar-refractivity contribution is 7.22.